The number of piperazine rings is 1. The maximum absolute atomic E-state index is 13.4. The van der Waals surface area contributed by atoms with Crippen LogP contribution in [0, 0.1) is 0 Å². The van der Waals surface area contributed by atoms with E-state index in [-0.39, 0.29) is 36.2 Å². The highest BCUT2D eigenvalue weighted by Gasteiger charge is 2.45. The molecule has 0 aliphatic carbocycles. The molecule has 0 amide bonds. The Balaban J connectivity index is 1.79. The highest BCUT2D eigenvalue weighted by Crippen LogP contribution is 2.30. The number of benzene rings is 2. The number of sulfone groups is 1. The average molecular weight is 469 g/mol. The molecule has 0 radical (unpaired) electrons. The van der Waals surface area contributed by atoms with Crippen molar-refractivity contribution in [2.24, 2.45) is 0 Å². The molecule has 1 saturated heterocycles. The smallest absolute Gasteiger partial charge is 0.248 e. The van der Waals surface area contributed by atoms with Gasteiger partial charge in [0.25, 0.3) is 0 Å². The van der Waals surface area contributed by atoms with Gasteiger partial charge in [-0.1, -0.05) is 42.5 Å². The molecule has 10 heteroatoms. The number of hydrogen-bond acceptors (Lipinski definition) is 7. The zero-order chi connectivity index (χ0) is 22.5. The summed E-state index contributed by atoms with van der Waals surface area (Å²) in [6.45, 7) is 2.34. The highest BCUT2D eigenvalue weighted by molar-refractivity contribution is 7.94. The first-order valence-corrected chi connectivity index (χ1v) is 13.1. The van der Waals surface area contributed by atoms with Crippen molar-refractivity contribution < 1.29 is 26.3 Å². The summed E-state index contributed by atoms with van der Waals surface area (Å²) in [5.41, 5.74) is 0.938. The molecule has 1 heterocycles. The largest absolute Gasteiger partial charge is 0.495 e. The molecule has 0 saturated carbocycles. The van der Waals surface area contributed by atoms with E-state index in [1.54, 1.807) is 25.1 Å². The van der Waals surface area contributed by atoms with Crippen molar-refractivity contribution in [3.05, 3.63) is 60.2 Å². The minimum atomic E-state index is -4.10. The van der Waals surface area contributed by atoms with Gasteiger partial charge in [-0.25, -0.2) is 16.8 Å². The number of rotatable bonds is 9. The Bertz CT molecular complexity index is 1070. The number of para-hydroxylation sites is 1. The molecule has 8 nitrogen and oxygen atoms in total. The fourth-order valence-corrected chi connectivity index (χ4v) is 7.85. The van der Waals surface area contributed by atoms with E-state index in [9.17, 15) is 16.8 Å². The summed E-state index contributed by atoms with van der Waals surface area (Å²) in [4.78, 5) is -0.0490. The lowest BCUT2D eigenvalue weighted by atomic mass is 10.2. The van der Waals surface area contributed by atoms with Gasteiger partial charge in [0.2, 0.25) is 10.0 Å². The molecule has 1 aliphatic heterocycles. The maximum atomic E-state index is 13.4. The van der Waals surface area contributed by atoms with Crippen LogP contribution in [0.5, 0.6) is 5.75 Å². The van der Waals surface area contributed by atoms with Crippen LogP contribution < -0.4 is 10.1 Å². The SMILES string of the molecule is COc1ccccc1S(=O)(=O)N1CCNC(C)C1S(=O)(=O)CCOCc1ccccc1. The summed E-state index contributed by atoms with van der Waals surface area (Å²) in [6.07, 6.45) is 0. The van der Waals surface area contributed by atoms with E-state index in [1.165, 1.54) is 13.2 Å². The molecule has 1 N–H and O–H groups in total. The Morgan fingerprint density at radius 1 is 1.03 bits per heavy atom. The van der Waals surface area contributed by atoms with Gasteiger partial charge in [0.1, 0.15) is 16.0 Å². The third-order valence-corrected chi connectivity index (χ3v) is 9.35. The number of nitrogens with zero attached hydrogens (tertiary/aromatic N) is 1. The molecule has 0 spiro atoms. The lowest BCUT2D eigenvalue weighted by molar-refractivity contribution is 0.135. The molecule has 31 heavy (non-hydrogen) atoms. The summed E-state index contributed by atoms with van der Waals surface area (Å²) in [7, 11) is -6.54. The van der Waals surface area contributed by atoms with Crippen molar-refractivity contribution >= 4 is 19.9 Å². The van der Waals surface area contributed by atoms with Crippen LogP contribution >= 0.6 is 0 Å². The minimum Gasteiger partial charge on any atom is -0.495 e. The van der Waals surface area contributed by atoms with Crippen molar-refractivity contribution in [2.45, 2.75) is 29.8 Å². The Hall–Kier alpha value is -1.98. The van der Waals surface area contributed by atoms with Crippen LogP contribution in [0.25, 0.3) is 0 Å². The zero-order valence-corrected chi connectivity index (χ0v) is 19.2. The van der Waals surface area contributed by atoms with Crippen molar-refractivity contribution in [3.63, 3.8) is 0 Å². The summed E-state index contributed by atoms with van der Waals surface area (Å²) in [5.74, 6) is -0.106. The fraction of sp³-hybridized carbons (Fsp3) is 0.429. The maximum Gasteiger partial charge on any atom is 0.248 e. The Morgan fingerprint density at radius 2 is 1.71 bits per heavy atom. The molecule has 0 aromatic heterocycles. The van der Waals surface area contributed by atoms with E-state index < -0.39 is 31.3 Å². The summed E-state index contributed by atoms with van der Waals surface area (Å²) in [6, 6.07) is 15.1. The van der Waals surface area contributed by atoms with E-state index >= 15 is 0 Å². The molecule has 2 aromatic rings. The van der Waals surface area contributed by atoms with Gasteiger partial charge in [-0.2, -0.15) is 4.31 Å². The number of sulfonamides is 1. The van der Waals surface area contributed by atoms with Crippen LogP contribution in [0.1, 0.15) is 12.5 Å². The van der Waals surface area contributed by atoms with E-state index in [0.717, 1.165) is 9.87 Å². The van der Waals surface area contributed by atoms with Gasteiger partial charge in [0.15, 0.2) is 9.84 Å². The molecular weight excluding hydrogens is 440 g/mol. The first kappa shape index (κ1) is 23.7. The third kappa shape index (κ3) is 5.45. The molecular formula is C21H28N2O6S2. The van der Waals surface area contributed by atoms with Crippen molar-refractivity contribution in [1.29, 1.82) is 0 Å². The molecule has 2 unspecified atom stereocenters. The molecule has 2 atom stereocenters. The van der Waals surface area contributed by atoms with Crippen molar-refractivity contribution in [3.8, 4) is 5.75 Å². The van der Waals surface area contributed by atoms with Gasteiger partial charge in [0, 0.05) is 19.1 Å². The molecule has 3 rings (SSSR count). The third-order valence-electron chi connectivity index (χ3n) is 5.16. The normalized spacial score (nSPS) is 20.5. The second kappa shape index (κ2) is 10.1. The number of nitrogens with one attached hydrogen (secondary N) is 1. The monoisotopic (exact) mass is 468 g/mol. The van der Waals surface area contributed by atoms with Crippen LogP contribution in [0.2, 0.25) is 0 Å². The van der Waals surface area contributed by atoms with Gasteiger partial charge in [-0.3, -0.25) is 0 Å². The predicted molar refractivity (Wildman–Crippen MR) is 118 cm³/mol. The van der Waals surface area contributed by atoms with E-state index in [1.807, 2.05) is 30.3 Å². The van der Waals surface area contributed by atoms with Crippen LogP contribution in [0.15, 0.2) is 59.5 Å². The quantitative estimate of drug-likeness (QED) is 0.558. The van der Waals surface area contributed by atoms with Gasteiger partial charge in [-0.05, 0) is 24.6 Å². The minimum absolute atomic E-state index is 0.0248. The van der Waals surface area contributed by atoms with Crippen molar-refractivity contribution in [1.82, 2.24) is 9.62 Å². The summed E-state index contributed by atoms with van der Waals surface area (Å²) >= 11 is 0. The Morgan fingerprint density at radius 3 is 2.42 bits per heavy atom. The first-order valence-electron chi connectivity index (χ1n) is 9.99. The summed E-state index contributed by atoms with van der Waals surface area (Å²) < 4.78 is 65.0. The van der Waals surface area contributed by atoms with Crippen LogP contribution in [0.3, 0.4) is 0 Å². The van der Waals surface area contributed by atoms with Gasteiger partial charge < -0.3 is 14.8 Å². The van der Waals surface area contributed by atoms with E-state index in [0.29, 0.717) is 6.54 Å². The summed E-state index contributed by atoms with van der Waals surface area (Å²) in [5, 5.41) is 1.84. The van der Waals surface area contributed by atoms with Crippen LogP contribution in [-0.4, -0.2) is 65.1 Å². The number of methoxy groups -OCH3 is 1. The first-order chi connectivity index (χ1) is 14.8. The second-order valence-electron chi connectivity index (χ2n) is 7.31. The zero-order valence-electron chi connectivity index (χ0n) is 17.6. The topological polar surface area (TPSA) is 102 Å². The standard InChI is InChI=1S/C21H28N2O6S2/c1-17-21(30(24,25)15-14-29-16-18-8-4-3-5-9-18)23(13-12-22-17)31(26,27)20-11-7-6-10-19(20)28-2/h3-11,17,21-22H,12-16H2,1-2H3. The van der Waals surface area contributed by atoms with E-state index in [4.69, 9.17) is 9.47 Å². The number of ether oxygens (including phenoxy) is 2. The molecule has 170 valence electrons. The lowest BCUT2D eigenvalue weighted by Gasteiger charge is -2.39. The predicted octanol–water partition coefficient (Wildman–Crippen LogP) is 1.64. The van der Waals surface area contributed by atoms with Gasteiger partial charge in [0.05, 0.1) is 26.1 Å². The highest BCUT2D eigenvalue weighted by atomic mass is 32.2. The fourth-order valence-electron chi connectivity index (χ4n) is 3.65. The molecule has 0 bridgehead atoms. The Labute approximate surface area is 184 Å². The van der Waals surface area contributed by atoms with Crippen LogP contribution in [0.4, 0.5) is 0 Å². The van der Waals surface area contributed by atoms with Crippen molar-refractivity contribution in [2.75, 3.05) is 32.6 Å². The molecule has 2 aromatic carbocycles. The van der Waals surface area contributed by atoms with Gasteiger partial charge >= 0.3 is 0 Å². The second-order valence-corrected chi connectivity index (χ2v) is 11.4. The van der Waals surface area contributed by atoms with E-state index in [2.05, 4.69) is 5.32 Å². The number of hydrogen-bond donors (Lipinski definition) is 1. The Kier molecular flexibility index (Phi) is 7.71. The molecule has 1 aliphatic rings. The van der Waals surface area contributed by atoms with Crippen LogP contribution in [-0.2, 0) is 31.2 Å². The lowest BCUT2D eigenvalue weighted by Crippen LogP contribution is -2.61. The van der Waals surface area contributed by atoms with Gasteiger partial charge in [-0.15, -0.1) is 0 Å². The molecule has 1 fully saturated rings. The average Bonchev–Trinajstić information content (AvgIpc) is 2.77.